The van der Waals surface area contributed by atoms with Crippen molar-refractivity contribution in [1.82, 2.24) is 0 Å². The van der Waals surface area contributed by atoms with Gasteiger partial charge in [0, 0.05) is 0 Å². The normalized spacial score (nSPS) is 9.50. The third-order valence-electron chi connectivity index (χ3n) is 0.667. The minimum Gasteiger partial charge on any atom is -0.0919 e. The Kier molecular flexibility index (Phi) is 21.0. The van der Waals surface area contributed by atoms with E-state index in [1.807, 2.05) is 52.0 Å². The van der Waals surface area contributed by atoms with Crippen molar-refractivity contribution in [2.45, 2.75) is 27.7 Å². The molecule has 0 unspecified atom stereocenters. The Bertz CT molecular complexity index is 40.4. The Labute approximate surface area is 52.9 Å². The summed E-state index contributed by atoms with van der Waals surface area (Å²) in [5, 5.41) is 0. The van der Waals surface area contributed by atoms with Crippen molar-refractivity contribution in [3.8, 4) is 0 Å². The smallest absolute Gasteiger partial charge is 0.0470 e. The van der Waals surface area contributed by atoms with E-state index < -0.39 is 0 Å². The Morgan fingerprint density at radius 1 is 0.500 bits per heavy atom. The third-order valence-corrected chi connectivity index (χ3v) is 0.667. The van der Waals surface area contributed by atoms with Gasteiger partial charge >= 0.3 is 0 Å². The number of rotatable bonds is 0. The summed E-state index contributed by atoms with van der Waals surface area (Å²) in [5.41, 5.74) is 0. The van der Waals surface area contributed by atoms with Gasteiger partial charge in [-0.3, -0.25) is 0 Å². The quantitative estimate of drug-likeness (QED) is 0.422. The van der Waals surface area contributed by atoms with Crippen LogP contribution in [0.5, 0.6) is 0 Å². The summed E-state index contributed by atoms with van der Waals surface area (Å²) in [5.74, 6) is 0. The van der Waals surface area contributed by atoms with E-state index in [0.717, 1.165) is 0 Å². The summed E-state index contributed by atoms with van der Waals surface area (Å²) < 4.78 is 0. The summed E-state index contributed by atoms with van der Waals surface area (Å²) in [6, 6.07) is 0. The second kappa shape index (κ2) is 16.1. The minimum atomic E-state index is 2.00. The first-order chi connectivity index (χ1) is 3.83. The molecule has 0 saturated carbocycles. The molecule has 48 valence electrons. The van der Waals surface area contributed by atoms with Gasteiger partial charge in [0.1, 0.15) is 0 Å². The fraction of sp³-hybridized carbons (Fsp3) is 0.500. The summed E-state index contributed by atoms with van der Waals surface area (Å²) in [6.45, 7) is 8.00. The number of hydrogen-bond donors (Lipinski definition) is 0. The zero-order chi connectivity index (χ0) is 6.83. The molecule has 0 fully saturated rings. The van der Waals surface area contributed by atoms with Crippen molar-refractivity contribution in [3.63, 3.8) is 0 Å². The molecule has 0 aliphatic carbocycles. The van der Waals surface area contributed by atoms with Gasteiger partial charge in [-0.05, 0) is 27.7 Å². The fourth-order valence-corrected chi connectivity index (χ4v) is 0. The lowest BCUT2D eigenvalue weighted by Gasteiger charge is -1.49. The Balaban J connectivity index is 0. The van der Waals surface area contributed by atoms with Crippen molar-refractivity contribution >= 4 is 0 Å². The van der Waals surface area contributed by atoms with Crippen molar-refractivity contribution in [2.75, 3.05) is 0 Å². The van der Waals surface area contributed by atoms with Crippen molar-refractivity contribution in [1.29, 1.82) is 0 Å². The maximum Gasteiger partial charge on any atom is -0.0470 e. The van der Waals surface area contributed by atoms with E-state index in [-0.39, 0.29) is 0 Å². The molecule has 0 aromatic carbocycles. The predicted molar refractivity (Wildman–Crippen MR) is 41.0 cm³/mol. The van der Waals surface area contributed by atoms with Gasteiger partial charge < -0.3 is 0 Å². The van der Waals surface area contributed by atoms with E-state index in [4.69, 9.17) is 0 Å². The van der Waals surface area contributed by atoms with Crippen LogP contribution in [0, 0.1) is 0 Å². The third kappa shape index (κ3) is 50.2. The Hall–Kier alpha value is -0.520. The van der Waals surface area contributed by atoms with Gasteiger partial charge in [-0.1, -0.05) is 24.3 Å². The van der Waals surface area contributed by atoms with Gasteiger partial charge in [-0.25, -0.2) is 0 Å². The maximum atomic E-state index is 2.00. The van der Waals surface area contributed by atoms with Gasteiger partial charge in [0.25, 0.3) is 0 Å². The van der Waals surface area contributed by atoms with Crippen LogP contribution in [0.3, 0.4) is 0 Å². The lowest BCUT2D eigenvalue weighted by atomic mass is 10.6. The summed E-state index contributed by atoms with van der Waals surface area (Å²) in [6.07, 6.45) is 8.00. The van der Waals surface area contributed by atoms with Gasteiger partial charge in [-0.15, -0.1) is 0 Å². The highest BCUT2D eigenvalue weighted by Crippen LogP contribution is 1.57. The van der Waals surface area contributed by atoms with Crippen molar-refractivity contribution < 1.29 is 0 Å². The molecular weight excluding hydrogens is 96.1 g/mol. The monoisotopic (exact) mass is 112 g/mol. The van der Waals surface area contributed by atoms with Crippen LogP contribution in [0.15, 0.2) is 24.3 Å². The van der Waals surface area contributed by atoms with Crippen LogP contribution in [-0.4, -0.2) is 0 Å². The van der Waals surface area contributed by atoms with E-state index in [1.165, 1.54) is 0 Å². The van der Waals surface area contributed by atoms with Crippen LogP contribution >= 0.6 is 0 Å². The average molecular weight is 112 g/mol. The molecule has 0 aliphatic heterocycles. The molecule has 0 amide bonds. The van der Waals surface area contributed by atoms with Gasteiger partial charge in [0.15, 0.2) is 0 Å². The standard InChI is InChI=1S/2C4H8/c2*1-3-4-2/h2*3-4H,1-2H3/b4-3+;4-3-. The van der Waals surface area contributed by atoms with E-state index in [1.54, 1.807) is 0 Å². The maximum absolute atomic E-state index is 2.00. The van der Waals surface area contributed by atoms with E-state index >= 15 is 0 Å². The highest BCUT2D eigenvalue weighted by Gasteiger charge is 1.34. The summed E-state index contributed by atoms with van der Waals surface area (Å²) >= 11 is 0. The number of hydrogen-bond acceptors (Lipinski definition) is 0. The average Bonchev–Trinajstić information content (AvgIpc) is 1.88. The fourth-order valence-electron chi connectivity index (χ4n) is 0. The van der Waals surface area contributed by atoms with E-state index in [2.05, 4.69) is 0 Å². The first-order valence-electron chi connectivity index (χ1n) is 2.98. The Morgan fingerprint density at radius 3 is 0.625 bits per heavy atom. The van der Waals surface area contributed by atoms with Crippen molar-refractivity contribution in [3.05, 3.63) is 24.3 Å². The van der Waals surface area contributed by atoms with E-state index in [0.29, 0.717) is 0 Å². The molecule has 0 aromatic heterocycles. The van der Waals surface area contributed by atoms with Crippen LogP contribution in [-0.2, 0) is 0 Å². The number of allylic oxidation sites excluding steroid dienone is 4. The molecule has 0 nitrogen and oxygen atoms in total. The summed E-state index contributed by atoms with van der Waals surface area (Å²) in [4.78, 5) is 0. The molecule has 0 atom stereocenters. The summed E-state index contributed by atoms with van der Waals surface area (Å²) in [7, 11) is 0. The van der Waals surface area contributed by atoms with E-state index in [9.17, 15) is 0 Å². The van der Waals surface area contributed by atoms with Crippen LogP contribution in [0.4, 0.5) is 0 Å². The lowest BCUT2D eigenvalue weighted by molar-refractivity contribution is 1.64. The van der Waals surface area contributed by atoms with Gasteiger partial charge in [0.2, 0.25) is 0 Å². The molecule has 8 heavy (non-hydrogen) atoms. The molecule has 0 rings (SSSR count). The second-order valence-electron chi connectivity index (χ2n) is 1.33. The zero-order valence-corrected chi connectivity index (χ0v) is 6.31. The molecular formula is C8H16. The largest absolute Gasteiger partial charge is 0.0919 e. The van der Waals surface area contributed by atoms with Crippen LogP contribution in [0.1, 0.15) is 27.7 Å². The highest BCUT2D eigenvalue weighted by atomic mass is 13.4. The minimum absolute atomic E-state index is 2.00. The SMILES string of the molecule is C/C=C/C.C/C=C\C. The first-order valence-corrected chi connectivity index (χ1v) is 2.98. The molecule has 0 heteroatoms. The molecule has 0 N–H and O–H groups in total. The molecule has 0 aromatic rings. The Morgan fingerprint density at radius 2 is 0.625 bits per heavy atom. The molecule has 0 aliphatic rings. The van der Waals surface area contributed by atoms with Crippen LogP contribution < -0.4 is 0 Å². The van der Waals surface area contributed by atoms with Crippen LogP contribution in [0.2, 0.25) is 0 Å². The second-order valence-corrected chi connectivity index (χ2v) is 1.33. The van der Waals surface area contributed by atoms with Gasteiger partial charge in [-0.2, -0.15) is 0 Å². The molecule has 0 saturated heterocycles. The topological polar surface area (TPSA) is 0 Å². The van der Waals surface area contributed by atoms with Crippen LogP contribution in [0.25, 0.3) is 0 Å². The van der Waals surface area contributed by atoms with Gasteiger partial charge in [0.05, 0.1) is 0 Å². The predicted octanol–water partition coefficient (Wildman–Crippen LogP) is 3.16. The molecule has 0 heterocycles. The molecule has 0 radical (unpaired) electrons. The zero-order valence-electron chi connectivity index (χ0n) is 6.31. The first kappa shape index (κ1) is 10.5. The van der Waals surface area contributed by atoms with Crippen molar-refractivity contribution in [2.24, 2.45) is 0 Å². The highest BCUT2D eigenvalue weighted by molar-refractivity contribution is 4.68. The molecule has 0 spiro atoms. The molecule has 0 bridgehead atoms. The lowest BCUT2D eigenvalue weighted by Crippen LogP contribution is -1.26.